The van der Waals surface area contributed by atoms with Gasteiger partial charge >= 0.3 is 5.97 Å². The van der Waals surface area contributed by atoms with E-state index in [1.54, 1.807) is 6.07 Å². The fraction of sp³-hybridized carbons (Fsp3) is 0.381. The molecular formula is C21H21FO3S. The molecule has 0 aliphatic heterocycles. The molecule has 1 fully saturated rings. The Balaban J connectivity index is 1.61. The van der Waals surface area contributed by atoms with E-state index in [0.717, 1.165) is 23.3 Å². The molecule has 1 aromatic carbocycles. The van der Waals surface area contributed by atoms with Crippen molar-refractivity contribution in [1.29, 1.82) is 0 Å². The zero-order valence-corrected chi connectivity index (χ0v) is 15.1. The second-order valence-corrected chi connectivity index (χ2v) is 7.78. The van der Waals surface area contributed by atoms with Gasteiger partial charge in [-0.3, -0.25) is 0 Å². The second kappa shape index (κ2) is 8.48. The van der Waals surface area contributed by atoms with Crippen molar-refractivity contribution in [3.8, 4) is 11.8 Å². The largest absolute Gasteiger partial charge is 0.477 e. The Morgan fingerprint density at radius 3 is 2.69 bits per heavy atom. The van der Waals surface area contributed by atoms with E-state index in [1.165, 1.54) is 11.3 Å². The summed E-state index contributed by atoms with van der Waals surface area (Å²) < 4.78 is 14.3. The van der Waals surface area contributed by atoms with Gasteiger partial charge in [-0.1, -0.05) is 30.0 Å². The fourth-order valence-corrected chi connectivity index (χ4v) is 4.34. The van der Waals surface area contributed by atoms with Gasteiger partial charge in [0.05, 0.1) is 12.0 Å². The lowest BCUT2D eigenvalue weighted by molar-refractivity contribution is 0.0702. The van der Waals surface area contributed by atoms with Gasteiger partial charge in [0.1, 0.15) is 11.0 Å². The molecule has 0 amide bonds. The molecule has 5 heteroatoms. The third-order valence-electron chi connectivity index (χ3n) is 4.80. The number of aliphatic hydroxyl groups excluding tert-OH is 1. The lowest BCUT2D eigenvalue weighted by Crippen LogP contribution is -2.19. The Morgan fingerprint density at radius 2 is 2.00 bits per heavy atom. The zero-order valence-electron chi connectivity index (χ0n) is 14.3. The lowest BCUT2D eigenvalue weighted by atomic mass is 9.89. The second-order valence-electron chi connectivity index (χ2n) is 6.61. The molecule has 0 radical (unpaired) electrons. The number of carbonyl (C=O) groups is 1. The van der Waals surface area contributed by atoms with Crippen LogP contribution < -0.4 is 0 Å². The number of rotatable bonds is 5. The van der Waals surface area contributed by atoms with E-state index in [0.29, 0.717) is 11.3 Å². The Bertz CT molecular complexity index is 805. The highest BCUT2D eigenvalue weighted by molar-refractivity contribution is 7.13. The number of aliphatic hydroxyl groups is 1. The van der Waals surface area contributed by atoms with Crippen molar-refractivity contribution in [3.63, 3.8) is 0 Å². The predicted octanol–water partition coefficient (Wildman–Crippen LogP) is 4.16. The number of thiophene rings is 1. The summed E-state index contributed by atoms with van der Waals surface area (Å²) in [4.78, 5) is 12.2. The van der Waals surface area contributed by atoms with Gasteiger partial charge in [-0.15, -0.1) is 11.3 Å². The number of benzene rings is 1. The minimum absolute atomic E-state index is 0.140. The number of carboxylic acids is 1. The number of aromatic carboxylic acids is 1. The van der Waals surface area contributed by atoms with Crippen LogP contribution in [0, 0.1) is 23.7 Å². The minimum atomic E-state index is -1.04. The fourth-order valence-electron chi connectivity index (χ4n) is 3.45. The van der Waals surface area contributed by atoms with Crippen molar-refractivity contribution < 1.29 is 19.4 Å². The summed E-state index contributed by atoms with van der Waals surface area (Å²) in [6.45, 7) is 0. The molecule has 1 aliphatic rings. The van der Waals surface area contributed by atoms with E-state index < -0.39 is 18.2 Å². The van der Waals surface area contributed by atoms with Crippen molar-refractivity contribution in [3.05, 3.63) is 57.8 Å². The number of carboxylic acid groups (broad SMARTS) is 1. The average Bonchev–Trinajstić information content (AvgIpc) is 3.19. The van der Waals surface area contributed by atoms with Crippen LogP contribution in [-0.2, 0) is 6.42 Å². The molecule has 3 nitrogen and oxygen atoms in total. The van der Waals surface area contributed by atoms with Gasteiger partial charge in [-0.2, -0.15) is 0 Å². The van der Waals surface area contributed by atoms with Gasteiger partial charge in [0, 0.05) is 22.8 Å². The quantitative estimate of drug-likeness (QED) is 0.775. The standard InChI is InChI=1S/C21H21FO3S/c22-18-13-19(23)17(11-9-14-5-2-1-3-6-14)16(18)8-4-7-15-10-12-20(26-15)21(24)25/h1-3,5-6,10,12,16-19,23H,4,7-8,13H2,(H,24,25)/t16-,17-,18+,19-/m1/s1. The van der Waals surface area contributed by atoms with Crippen LogP contribution in [0.3, 0.4) is 0 Å². The maximum absolute atomic E-state index is 14.3. The lowest BCUT2D eigenvalue weighted by Gasteiger charge is -2.17. The molecule has 1 aromatic heterocycles. The van der Waals surface area contributed by atoms with Crippen LogP contribution >= 0.6 is 11.3 Å². The Kier molecular flexibility index (Phi) is 6.08. The first-order chi connectivity index (χ1) is 12.5. The first kappa shape index (κ1) is 18.6. The van der Waals surface area contributed by atoms with Crippen LogP contribution in [0.1, 0.15) is 39.4 Å². The SMILES string of the molecule is O=C(O)c1ccc(CCC[C@@H]2[C@@H](C#Cc3ccccc3)[C@H](O)C[C@@H]2F)s1. The predicted molar refractivity (Wildman–Crippen MR) is 100 cm³/mol. The molecular weight excluding hydrogens is 351 g/mol. The minimum Gasteiger partial charge on any atom is -0.477 e. The van der Waals surface area contributed by atoms with E-state index in [9.17, 15) is 14.3 Å². The van der Waals surface area contributed by atoms with Gasteiger partial charge in [-0.25, -0.2) is 9.18 Å². The van der Waals surface area contributed by atoms with Gasteiger partial charge in [-0.05, 0) is 43.5 Å². The molecule has 2 N–H and O–H groups in total. The molecule has 2 aromatic rings. The summed E-state index contributed by atoms with van der Waals surface area (Å²) >= 11 is 1.26. The molecule has 1 heterocycles. The summed E-state index contributed by atoms with van der Waals surface area (Å²) in [5, 5.41) is 19.1. The van der Waals surface area contributed by atoms with Crippen molar-refractivity contribution in [2.24, 2.45) is 11.8 Å². The third kappa shape index (κ3) is 4.51. The summed E-state index contributed by atoms with van der Waals surface area (Å²) in [6.07, 6.45) is 0.467. The summed E-state index contributed by atoms with van der Waals surface area (Å²) in [6, 6.07) is 12.9. The maximum Gasteiger partial charge on any atom is 0.345 e. The van der Waals surface area contributed by atoms with Crippen LogP contribution in [0.15, 0.2) is 42.5 Å². The van der Waals surface area contributed by atoms with Crippen LogP contribution in [0.2, 0.25) is 0 Å². The number of hydrogen-bond acceptors (Lipinski definition) is 3. The first-order valence-electron chi connectivity index (χ1n) is 8.75. The topological polar surface area (TPSA) is 57.5 Å². The first-order valence-corrected chi connectivity index (χ1v) is 9.57. The van der Waals surface area contributed by atoms with Gasteiger partial charge in [0.15, 0.2) is 0 Å². The molecule has 4 atom stereocenters. The third-order valence-corrected chi connectivity index (χ3v) is 5.93. The van der Waals surface area contributed by atoms with Gasteiger partial charge in [0.25, 0.3) is 0 Å². The van der Waals surface area contributed by atoms with Crippen molar-refractivity contribution >= 4 is 17.3 Å². The van der Waals surface area contributed by atoms with E-state index in [-0.39, 0.29) is 18.3 Å². The Hall–Kier alpha value is -2.16. The molecule has 26 heavy (non-hydrogen) atoms. The normalized spacial score (nSPS) is 24.8. The van der Waals surface area contributed by atoms with Crippen molar-refractivity contribution in [1.82, 2.24) is 0 Å². The Labute approximate surface area is 156 Å². The zero-order chi connectivity index (χ0) is 18.5. The molecule has 0 bridgehead atoms. The van der Waals surface area contributed by atoms with Crippen LogP contribution in [-0.4, -0.2) is 28.5 Å². The van der Waals surface area contributed by atoms with E-state index in [1.807, 2.05) is 36.4 Å². The highest BCUT2D eigenvalue weighted by atomic mass is 32.1. The van der Waals surface area contributed by atoms with Crippen LogP contribution in [0.4, 0.5) is 4.39 Å². The number of hydrogen-bond donors (Lipinski definition) is 2. The van der Waals surface area contributed by atoms with Gasteiger partial charge in [0.2, 0.25) is 0 Å². The van der Waals surface area contributed by atoms with E-state index in [4.69, 9.17) is 5.11 Å². The maximum atomic E-state index is 14.3. The van der Waals surface area contributed by atoms with Crippen molar-refractivity contribution in [2.75, 3.05) is 0 Å². The molecule has 3 rings (SSSR count). The summed E-state index contributed by atoms with van der Waals surface area (Å²) in [5.41, 5.74) is 0.862. The summed E-state index contributed by atoms with van der Waals surface area (Å²) in [5.74, 6) is 4.58. The smallest absolute Gasteiger partial charge is 0.345 e. The number of aryl methyl sites for hydroxylation is 1. The Morgan fingerprint density at radius 1 is 1.23 bits per heavy atom. The highest BCUT2D eigenvalue weighted by Crippen LogP contribution is 2.38. The van der Waals surface area contributed by atoms with E-state index >= 15 is 0 Å². The molecule has 1 saturated carbocycles. The number of alkyl halides is 1. The highest BCUT2D eigenvalue weighted by Gasteiger charge is 2.41. The monoisotopic (exact) mass is 372 g/mol. The molecule has 1 aliphatic carbocycles. The van der Waals surface area contributed by atoms with Gasteiger partial charge < -0.3 is 10.2 Å². The van der Waals surface area contributed by atoms with E-state index in [2.05, 4.69) is 11.8 Å². The van der Waals surface area contributed by atoms with Crippen LogP contribution in [0.25, 0.3) is 0 Å². The number of halogens is 1. The molecule has 0 saturated heterocycles. The van der Waals surface area contributed by atoms with Crippen molar-refractivity contribution in [2.45, 2.75) is 38.0 Å². The molecule has 0 unspecified atom stereocenters. The van der Waals surface area contributed by atoms with Crippen LogP contribution in [0.5, 0.6) is 0 Å². The molecule has 136 valence electrons. The molecule has 0 spiro atoms. The summed E-state index contributed by atoms with van der Waals surface area (Å²) in [7, 11) is 0. The average molecular weight is 372 g/mol.